The van der Waals surface area contributed by atoms with Gasteiger partial charge in [0.1, 0.15) is 11.6 Å². The minimum absolute atomic E-state index is 0.0127. The molecule has 1 saturated carbocycles. The topological polar surface area (TPSA) is 106 Å². The predicted molar refractivity (Wildman–Crippen MR) is 118 cm³/mol. The first-order valence-corrected chi connectivity index (χ1v) is 10.4. The monoisotopic (exact) mass is 414 g/mol. The Morgan fingerprint density at radius 2 is 1.90 bits per heavy atom. The first-order valence-electron chi connectivity index (χ1n) is 10.4. The zero-order chi connectivity index (χ0) is 21.4. The van der Waals surface area contributed by atoms with Gasteiger partial charge in [0.05, 0.1) is 10.9 Å². The number of aromatic nitrogens is 5. The molecule has 1 fully saturated rings. The minimum Gasteiger partial charge on any atom is -0.326 e. The van der Waals surface area contributed by atoms with Gasteiger partial charge >= 0.3 is 0 Å². The Hall–Kier alpha value is -3.81. The lowest BCUT2D eigenvalue weighted by Crippen LogP contribution is -2.25. The van der Waals surface area contributed by atoms with Gasteiger partial charge in [0, 0.05) is 30.1 Å². The van der Waals surface area contributed by atoms with Crippen LogP contribution in [-0.4, -0.2) is 30.6 Å². The number of nitrogens with one attached hydrogen (secondary N) is 2. The first kappa shape index (κ1) is 19.2. The number of nitrogens with zero attached hydrogens (tertiary/aromatic N) is 4. The van der Waals surface area contributed by atoms with E-state index in [0.29, 0.717) is 34.7 Å². The number of amides is 1. The second kappa shape index (κ2) is 7.79. The molecule has 2 heterocycles. The second-order valence-electron chi connectivity index (χ2n) is 7.82. The Labute approximate surface area is 178 Å². The molecule has 0 spiro atoms. The molecule has 31 heavy (non-hydrogen) atoms. The summed E-state index contributed by atoms with van der Waals surface area (Å²) < 4.78 is 1.78. The molecule has 0 saturated heterocycles. The van der Waals surface area contributed by atoms with Crippen LogP contribution >= 0.6 is 0 Å². The van der Waals surface area contributed by atoms with Crippen molar-refractivity contribution in [3.05, 3.63) is 70.5 Å². The van der Waals surface area contributed by atoms with Gasteiger partial charge in [0.25, 0.3) is 5.56 Å². The summed E-state index contributed by atoms with van der Waals surface area (Å²) >= 11 is 0. The van der Waals surface area contributed by atoms with E-state index in [-0.39, 0.29) is 23.9 Å². The molecule has 2 N–H and O–H groups in total. The molecule has 2 aromatic carbocycles. The highest BCUT2D eigenvalue weighted by Gasteiger charge is 2.28. The molecule has 8 heteroatoms. The molecular formula is C23H22N6O2. The van der Waals surface area contributed by atoms with Crippen molar-refractivity contribution in [2.75, 3.05) is 5.32 Å². The minimum atomic E-state index is -0.119. The maximum Gasteiger partial charge on any atom is 0.261 e. The van der Waals surface area contributed by atoms with E-state index < -0.39 is 0 Å². The SMILES string of the molecule is Cc1nc(-c2ccc(NC(=O)CCc3nc4ccccc4c(=O)n3C3CC3)cc2)n[nH]1. The largest absolute Gasteiger partial charge is 0.326 e. The molecule has 1 aliphatic rings. The Balaban J connectivity index is 1.29. The number of H-pyrrole nitrogens is 1. The van der Waals surface area contributed by atoms with Crippen molar-refractivity contribution >= 4 is 22.5 Å². The van der Waals surface area contributed by atoms with Crippen LogP contribution in [0.5, 0.6) is 0 Å². The van der Waals surface area contributed by atoms with Crippen LogP contribution in [0.1, 0.15) is 37.0 Å². The number of rotatable bonds is 6. The van der Waals surface area contributed by atoms with Gasteiger partial charge in [0.15, 0.2) is 5.82 Å². The van der Waals surface area contributed by atoms with E-state index in [2.05, 4.69) is 25.5 Å². The van der Waals surface area contributed by atoms with E-state index in [1.165, 1.54) is 0 Å². The fourth-order valence-electron chi connectivity index (χ4n) is 3.70. The van der Waals surface area contributed by atoms with Gasteiger partial charge < -0.3 is 5.32 Å². The Kier molecular flexibility index (Phi) is 4.82. The Bertz CT molecular complexity index is 1320. The van der Waals surface area contributed by atoms with Crippen molar-refractivity contribution in [1.29, 1.82) is 0 Å². The van der Waals surface area contributed by atoms with Gasteiger partial charge in [-0.1, -0.05) is 12.1 Å². The molecule has 1 amide bonds. The molecule has 0 atom stereocenters. The normalized spacial score (nSPS) is 13.5. The number of anilines is 1. The van der Waals surface area contributed by atoms with Gasteiger partial charge in [-0.05, 0) is 56.2 Å². The van der Waals surface area contributed by atoms with Crippen LogP contribution in [-0.2, 0) is 11.2 Å². The van der Waals surface area contributed by atoms with Gasteiger partial charge in [0.2, 0.25) is 5.91 Å². The quantitative estimate of drug-likeness (QED) is 0.503. The van der Waals surface area contributed by atoms with Gasteiger partial charge in [-0.25, -0.2) is 9.97 Å². The lowest BCUT2D eigenvalue weighted by atomic mass is 10.2. The molecule has 8 nitrogen and oxygen atoms in total. The van der Waals surface area contributed by atoms with Crippen LogP contribution in [0.4, 0.5) is 5.69 Å². The fourth-order valence-corrected chi connectivity index (χ4v) is 3.70. The molecule has 4 aromatic rings. The molecule has 5 rings (SSSR count). The van der Waals surface area contributed by atoms with Crippen molar-refractivity contribution in [1.82, 2.24) is 24.7 Å². The number of aromatic amines is 1. The highest BCUT2D eigenvalue weighted by molar-refractivity contribution is 5.91. The van der Waals surface area contributed by atoms with Crippen LogP contribution in [0, 0.1) is 6.92 Å². The maximum absolute atomic E-state index is 12.9. The molecular weight excluding hydrogens is 392 g/mol. The van der Waals surface area contributed by atoms with Crippen molar-refractivity contribution < 1.29 is 4.79 Å². The molecule has 0 unspecified atom stereocenters. The number of hydrogen-bond donors (Lipinski definition) is 2. The fraction of sp³-hybridized carbons (Fsp3) is 0.261. The lowest BCUT2D eigenvalue weighted by Gasteiger charge is -2.13. The van der Waals surface area contributed by atoms with E-state index in [1.807, 2.05) is 55.5 Å². The highest BCUT2D eigenvalue weighted by atomic mass is 16.1. The van der Waals surface area contributed by atoms with Crippen LogP contribution in [0.2, 0.25) is 0 Å². The summed E-state index contributed by atoms with van der Waals surface area (Å²) in [6, 6.07) is 15.0. The van der Waals surface area contributed by atoms with Crippen molar-refractivity contribution in [2.45, 2.75) is 38.6 Å². The molecule has 1 aliphatic carbocycles. The van der Waals surface area contributed by atoms with Crippen LogP contribution in [0.25, 0.3) is 22.3 Å². The Morgan fingerprint density at radius 1 is 1.13 bits per heavy atom. The number of fused-ring (bicyclic) bond motifs is 1. The average Bonchev–Trinajstić information content (AvgIpc) is 3.52. The molecule has 2 aromatic heterocycles. The van der Waals surface area contributed by atoms with E-state index in [9.17, 15) is 9.59 Å². The number of carbonyl (C=O) groups is 1. The molecule has 0 bridgehead atoms. The van der Waals surface area contributed by atoms with Crippen molar-refractivity contribution in [3.8, 4) is 11.4 Å². The van der Waals surface area contributed by atoms with E-state index in [1.54, 1.807) is 4.57 Å². The maximum atomic E-state index is 12.9. The van der Waals surface area contributed by atoms with Crippen molar-refractivity contribution in [3.63, 3.8) is 0 Å². The predicted octanol–water partition coefficient (Wildman–Crippen LogP) is 3.40. The smallest absolute Gasteiger partial charge is 0.261 e. The third-order valence-corrected chi connectivity index (χ3v) is 5.39. The highest BCUT2D eigenvalue weighted by Crippen LogP contribution is 2.35. The zero-order valence-electron chi connectivity index (χ0n) is 17.1. The number of para-hydroxylation sites is 1. The number of carbonyl (C=O) groups excluding carboxylic acids is 1. The average molecular weight is 414 g/mol. The third kappa shape index (κ3) is 3.96. The number of hydrogen-bond acceptors (Lipinski definition) is 5. The van der Waals surface area contributed by atoms with Crippen molar-refractivity contribution in [2.24, 2.45) is 0 Å². The van der Waals surface area contributed by atoms with Crippen LogP contribution in [0.15, 0.2) is 53.3 Å². The van der Waals surface area contributed by atoms with Gasteiger partial charge in [-0.2, -0.15) is 5.10 Å². The van der Waals surface area contributed by atoms with Gasteiger partial charge in [-0.3, -0.25) is 19.3 Å². The number of aryl methyl sites for hydroxylation is 2. The lowest BCUT2D eigenvalue weighted by molar-refractivity contribution is -0.116. The third-order valence-electron chi connectivity index (χ3n) is 5.39. The van der Waals surface area contributed by atoms with E-state index in [4.69, 9.17) is 0 Å². The molecule has 156 valence electrons. The summed E-state index contributed by atoms with van der Waals surface area (Å²) in [7, 11) is 0. The van der Waals surface area contributed by atoms with Gasteiger partial charge in [-0.15, -0.1) is 0 Å². The van der Waals surface area contributed by atoms with E-state index in [0.717, 1.165) is 24.2 Å². The summed E-state index contributed by atoms with van der Waals surface area (Å²) in [5.74, 6) is 1.93. The summed E-state index contributed by atoms with van der Waals surface area (Å²) in [5, 5.41) is 10.5. The summed E-state index contributed by atoms with van der Waals surface area (Å²) in [5.41, 5.74) is 2.24. The van der Waals surface area contributed by atoms with Crippen LogP contribution < -0.4 is 10.9 Å². The standard InChI is InChI=1S/C23H22N6O2/c1-14-24-22(28-27-14)15-6-8-16(9-7-15)25-21(30)13-12-20-26-19-5-3-2-4-18(19)23(31)29(20)17-10-11-17/h2-9,17H,10-13H2,1H3,(H,25,30)(H,24,27,28). The summed E-state index contributed by atoms with van der Waals surface area (Å²) in [6.07, 6.45) is 2.63. The molecule has 0 aliphatic heterocycles. The second-order valence-corrected chi connectivity index (χ2v) is 7.82. The number of benzene rings is 2. The molecule has 0 radical (unpaired) electrons. The summed E-state index contributed by atoms with van der Waals surface area (Å²) in [4.78, 5) is 34.5. The van der Waals surface area contributed by atoms with E-state index >= 15 is 0 Å². The first-order chi connectivity index (χ1) is 15.1. The summed E-state index contributed by atoms with van der Waals surface area (Å²) in [6.45, 7) is 1.85. The zero-order valence-corrected chi connectivity index (χ0v) is 17.1. The van der Waals surface area contributed by atoms with Crippen LogP contribution in [0.3, 0.4) is 0 Å². The Morgan fingerprint density at radius 3 is 2.61 bits per heavy atom.